The van der Waals surface area contributed by atoms with Gasteiger partial charge in [-0.25, -0.2) is 8.42 Å². The van der Waals surface area contributed by atoms with Gasteiger partial charge in [-0.15, -0.1) is 0 Å². The van der Waals surface area contributed by atoms with Gasteiger partial charge in [0.15, 0.2) is 5.78 Å². The molecule has 3 aromatic rings. The number of ketones is 1. The summed E-state index contributed by atoms with van der Waals surface area (Å²) in [5.74, 6) is 0.726. The molecule has 1 aliphatic carbocycles. The normalized spacial score (nSPS) is 16.3. The highest BCUT2D eigenvalue weighted by Gasteiger charge is 2.35. The predicted octanol–water partition coefficient (Wildman–Crippen LogP) is 4.70. The van der Waals surface area contributed by atoms with Crippen LogP contribution in [0.4, 0.5) is 5.69 Å². The number of aryl methyl sites for hydroxylation is 1. The average Bonchev–Trinajstić information content (AvgIpc) is 2.90. The van der Waals surface area contributed by atoms with Gasteiger partial charge in [0.1, 0.15) is 11.3 Å². The Hall–Kier alpha value is -2.60. The van der Waals surface area contributed by atoms with Crippen molar-refractivity contribution in [1.29, 1.82) is 0 Å². The molecule has 1 heterocycles. The maximum absolute atomic E-state index is 12.7. The van der Waals surface area contributed by atoms with Gasteiger partial charge in [0.2, 0.25) is 0 Å². The zero-order valence-corrected chi connectivity index (χ0v) is 16.3. The summed E-state index contributed by atoms with van der Waals surface area (Å²) in [5.41, 5.74) is 2.13. The summed E-state index contributed by atoms with van der Waals surface area (Å²) in [5, 5.41) is 0.662. The minimum absolute atomic E-state index is 0.0407. The average molecular weight is 383 g/mol. The van der Waals surface area contributed by atoms with Crippen molar-refractivity contribution in [3.63, 3.8) is 0 Å². The fraction of sp³-hybridized carbons (Fsp3) is 0.286. The van der Waals surface area contributed by atoms with E-state index in [1.165, 1.54) is 0 Å². The van der Waals surface area contributed by atoms with Crippen LogP contribution in [0.25, 0.3) is 11.0 Å². The highest BCUT2D eigenvalue weighted by molar-refractivity contribution is 7.92. The number of nitrogens with one attached hydrogen (secondary N) is 1. The van der Waals surface area contributed by atoms with E-state index in [-0.39, 0.29) is 16.1 Å². The number of carbonyl (C=O) groups is 1. The highest BCUT2D eigenvalue weighted by Crippen LogP contribution is 2.40. The highest BCUT2D eigenvalue weighted by atomic mass is 32.2. The number of hydrogen-bond donors (Lipinski definition) is 1. The van der Waals surface area contributed by atoms with Crippen molar-refractivity contribution in [2.45, 2.75) is 38.5 Å². The van der Waals surface area contributed by atoms with E-state index < -0.39 is 10.0 Å². The fourth-order valence-corrected chi connectivity index (χ4v) is 5.03. The minimum Gasteiger partial charge on any atom is -0.460 e. The van der Waals surface area contributed by atoms with Crippen LogP contribution < -0.4 is 4.72 Å². The van der Waals surface area contributed by atoms with Crippen LogP contribution in [0, 0.1) is 12.3 Å². The lowest BCUT2D eigenvalue weighted by Gasteiger charge is -2.27. The first kappa shape index (κ1) is 17.8. The first-order chi connectivity index (χ1) is 12.7. The van der Waals surface area contributed by atoms with Crippen LogP contribution in [-0.2, 0) is 16.4 Å². The largest absolute Gasteiger partial charge is 0.460 e. The molecule has 5 nitrogen and oxygen atoms in total. The van der Waals surface area contributed by atoms with Gasteiger partial charge in [0, 0.05) is 23.9 Å². The van der Waals surface area contributed by atoms with Crippen molar-refractivity contribution >= 4 is 32.5 Å². The van der Waals surface area contributed by atoms with E-state index >= 15 is 0 Å². The van der Waals surface area contributed by atoms with Crippen LogP contribution in [0.2, 0.25) is 0 Å². The Kier molecular flexibility index (Phi) is 3.93. The molecule has 0 aliphatic heterocycles. The van der Waals surface area contributed by atoms with E-state index in [0.717, 1.165) is 0 Å². The van der Waals surface area contributed by atoms with Gasteiger partial charge in [0.25, 0.3) is 10.0 Å². The molecule has 6 heteroatoms. The van der Waals surface area contributed by atoms with E-state index in [1.807, 2.05) is 13.8 Å². The number of hydrogen-bond acceptors (Lipinski definition) is 4. The van der Waals surface area contributed by atoms with E-state index in [0.29, 0.717) is 46.4 Å². The molecule has 2 aromatic carbocycles. The summed E-state index contributed by atoms with van der Waals surface area (Å²) in [4.78, 5) is 12.9. The predicted molar refractivity (Wildman–Crippen MR) is 105 cm³/mol. The molecule has 0 unspecified atom stereocenters. The maximum atomic E-state index is 12.7. The van der Waals surface area contributed by atoms with Gasteiger partial charge in [-0.1, -0.05) is 32.0 Å². The Morgan fingerprint density at radius 3 is 2.56 bits per heavy atom. The van der Waals surface area contributed by atoms with Gasteiger partial charge in [0.05, 0.1) is 10.5 Å². The number of rotatable bonds is 3. The van der Waals surface area contributed by atoms with Gasteiger partial charge in [-0.2, -0.15) is 0 Å². The molecule has 0 saturated carbocycles. The molecule has 140 valence electrons. The molecule has 0 saturated heterocycles. The van der Waals surface area contributed by atoms with Crippen LogP contribution in [0.5, 0.6) is 0 Å². The zero-order valence-electron chi connectivity index (χ0n) is 15.5. The fourth-order valence-electron chi connectivity index (χ4n) is 3.73. The van der Waals surface area contributed by atoms with Crippen molar-refractivity contribution in [3.05, 3.63) is 59.4 Å². The van der Waals surface area contributed by atoms with Crippen LogP contribution >= 0.6 is 0 Å². The Balaban J connectivity index is 1.76. The van der Waals surface area contributed by atoms with E-state index in [9.17, 15) is 13.2 Å². The summed E-state index contributed by atoms with van der Waals surface area (Å²) in [6.07, 6.45) is 1.14. The van der Waals surface area contributed by atoms with Crippen LogP contribution in [-0.4, -0.2) is 14.2 Å². The maximum Gasteiger partial charge on any atom is 0.262 e. The SMILES string of the molecule is Cc1ccccc1S(=O)(=O)Nc1ccc2oc3c(c2c1)C(=O)CC(C)(C)C3. The van der Waals surface area contributed by atoms with Gasteiger partial charge in [-0.3, -0.25) is 9.52 Å². The zero-order chi connectivity index (χ0) is 19.4. The number of benzene rings is 2. The van der Waals surface area contributed by atoms with E-state index in [4.69, 9.17) is 4.42 Å². The molecule has 0 atom stereocenters. The van der Waals surface area contributed by atoms with Crippen LogP contribution in [0.1, 0.15) is 41.9 Å². The molecular formula is C21H21NO4S. The molecule has 0 fully saturated rings. The lowest BCUT2D eigenvalue weighted by atomic mass is 9.76. The first-order valence-electron chi connectivity index (χ1n) is 8.83. The number of Topliss-reactive ketones (excluding diaryl/α,β-unsaturated/α-hetero) is 1. The summed E-state index contributed by atoms with van der Waals surface area (Å²) in [6, 6.07) is 11.9. The summed E-state index contributed by atoms with van der Waals surface area (Å²) >= 11 is 0. The second kappa shape index (κ2) is 5.96. The second-order valence-corrected chi connectivity index (χ2v) is 9.57. The molecular weight excluding hydrogens is 362 g/mol. The molecule has 0 radical (unpaired) electrons. The van der Waals surface area contributed by atoms with Crippen LogP contribution in [0.15, 0.2) is 51.8 Å². The molecule has 27 heavy (non-hydrogen) atoms. The molecule has 4 rings (SSSR count). The smallest absolute Gasteiger partial charge is 0.262 e. The number of anilines is 1. The topological polar surface area (TPSA) is 76.4 Å². The van der Waals surface area contributed by atoms with Crippen molar-refractivity contribution in [2.75, 3.05) is 4.72 Å². The third-order valence-corrected chi connectivity index (χ3v) is 6.49. The number of fused-ring (bicyclic) bond motifs is 3. The van der Waals surface area contributed by atoms with Crippen LogP contribution in [0.3, 0.4) is 0 Å². The van der Waals surface area contributed by atoms with E-state index in [1.54, 1.807) is 49.4 Å². The molecule has 1 aromatic heterocycles. The number of furan rings is 1. The summed E-state index contributed by atoms with van der Waals surface area (Å²) < 4.78 is 34.0. The summed E-state index contributed by atoms with van der Waals surface area (Å²) in [6.45, 7) is 5.84. The molecule has 0 amide bonds. The van der Waals surface area contributed by atoms with Gasteiger partial charge < -0.3 is 4.42 Å². The first-order valence-corrected chi connectivity index (χ1v) is 10.3. The second-order valence-electron chi connectivity index (χ2n) is 7.92. The quantitative estimate of drug-likeness (QED) is 0.711. The Morgan fingerprint density at radius 2 is 1.81 bits per heavy atom. The standard InChI is InChI=1S/C21H21NO4S/c1-13-6-4-5-7-19(13)27(24,25)22-14-8-9-17-15(10-14)20-16(23)11-21(2,3)12-18(20)26-17/h4-10,22H,11-12H2,1-3H3. The third kappa shape index (κ3) is 3.14. The minimum atomic E-state index is -3.71. The van der Waals surface area contributed by atoms with Crippen molar-refractivity contribution in [1.82, 2.24) is 0 Å². The van der Waals surface area contributed by atoms with Crippen molar-refractivity contribution in [3.8, 4) is 0 Å². The number of carbonyl (C=O) groups excluding carboxylic acids is 1. The van der Waals surface area contributed by atoms with Crippen molar-refractivity contribution in [2.24, 2.45) is 5.41 Å². The Morgan fingerprint density at radius 1 is 1.07 bits per heavy atom. The monoisotopic (exact) mass is 383 g/mol. The molecule has 1 N–H and O–H groups in total. The molecule has 0 spiro atoms. The Labute approximate surface area is 158 Å². The Bertz CT molecular complexity index is 1170. The third-order valence-electron chi connectivity index (χ3n) is 4.95. The molecule has 0 bridgehead atoms. The van der Waals surface area contributed by atoms with E-state index in [2.05, 4.69) is 4.72 Å². The molecule has 1 aliphatic rings. The lowest BCUT2D eigenvalue weighted by Crippen LogP contribution is -2.25. The van der Waals surface area contributed by atoms with Crippen molar-refractivity contribution < 1.29 is 17.6 Å². The lowest BCUT2D eigenvalue weighted by molar-refractivity contribution is 0.0906. The number of sulfonamides is 1. The van der Waals surface area contributed by atoms with Gasteiger partial charge >= 0.3 is 0 Å². The van der Waals surface area contributed by atoms with Gasteiger partial charge in [-0.05, 0) is 42.2 Å². The summed E-state index contributed by atoms with van der Waals surface area (Å²) in [7, 11) is -3.71.